The van der Waals surface area contributed by atoms with Crippen molar-refractivity contribution >= 4 is 17.7 Å². The van der Waals surface area contributed by atoms with Gasteiger partial charge in [-0.05, 0) is 30.7 Å². The Bertz CT molecular complexity index is 935. The fraction of sp³-hybridized carbons (Fsp3) is 0.519. The van der Waals surface area contributed by atoms with Crippen LogP contribution in [-0.2, 0) is 4.74 Å². The maximum atomic E-state index is 12.2. The minimum Gasteiger partial charge on any atom is -0.457 e. The lowest BCUT2D eigenvalue weighted by Crippen LogP contribution is -2.45. The van der Waals surface area contributed by atoms with Gasteiger partial charge in [0.05, 0.1) is 20.1 Å². The molecule has 0 aliphatic carbocycles. The lowest BCUT2D eigenvalue weighted by Gasteiger charge is -2.29. The number of likely N-dealkylation sites (N-methyl/N-ethyl adjacent to an activating group) is 1. The molecule has 4 rings (SSSR count). The van der Waals surface area contributed by atoms with Crippen LogP contribution >= 0.6 is 11.6 Å². The van der Waals surface area contributed by atoms with Crippen LogP contribution in [0.3, 0.4) is 0 Å². The van der Waals surface area contributed by atoms with Crippen molar-refractivity contribution < 1.29 is 18.8 Å². The smallest absolute Gasteiger partial charge is 0.411 e. The number of benzene rings is 2. The Balaban J connectivity index is 0.00000149. The van der Waals surface area contributed by atoms with E-state index in [0.29, 0.717) is 22.8 Å². The monoisotopic (exact) mass is 473 g/mol. The Morgan fingerprint density at radius 1 is 1.06 bits per heavy atom. The zero-order valence-corrected chi connectivity index (χ0v) is 21.2. The summed E-state index contributed by atoms with van der Waals surface area (Å²) >= 11 is 6.35. The van der Waals surface area contributed by atoms with Crippen molar-refractivity contribution in [3.8, 4) is 11.5 Å². The van der Waals surface area contributed by atoms with Crippen molar-refractivity contribution in [1.29, 1.82) is 0 Å². The Morgan fingerprint density at radius 2 is 1.76 bits per heavy atom. The molecular weight excluding hydrogens is 436 g/mol. The van der Waals surface area contributed by atoms with Crippen LogP contribution in [0, 0.1) is 0 Å². The van der Waals surface area contributed by atoms with Gasteiger partial charge in [-0.15, -0.1) is 0 Å². The first-order valence-electron chi connectivity index (χ1n) is 12.3. The van der Waals surface area contributed by atoms with E-state index in [1.54, 1.807) is 0 Å². The van der Waals surface area contributed by atoms with E-state index in [9.17, 15) is 4.79 Å². The van der Waals surface area contributed by atoms with E-state index in [-0.39, 0.29) is 17.9 Å². The number of hydrogen-bond donors (Lipinski definition) is 1. The molecule has 180 valence electrons. The van der Waals surface area contributed by atoms with Crippen molar-refractivity contribution in [3.63, 3.8) is 0 Å². The number of quaternary nitrogens is 1. The van der Waals surface area contributed by atoms with Crippen molar-refractivity contribution in [2.75, 3.05) is 33.4 Å². The van der Waals surface area contributed by atoms with Crippen molar-refractivity contribution in [2.45, 2.75) is 58.3 Å². The first-order chi connectivity index (χ1) is 16.0. The summed E-state index contributed by atoms with van der Waals surface area (Å²) in [4.78, 5) is 12.2. The van der Waals surface area contributed by atoms with Crippen LogP contribution in [-0.4, -0.2) is 44.0 Å². The third-order valence-corrected chi connectivity index (χ3v) is 6.71. The predicted molar refractivity (Wildman–Crippen MR) is 134 cm³/mol. The second-order valence-electron chi connectivity index (χ2n) is 9.07. The van der Waals surface area contributed by atoms with Crippen LogP contribution in [0.1, 0.15) is 69.4 Å². The molecule has 0 aromatic heterocycles. The van der Waals surface area contributed by atoms with E-state index in [2.05, 4.69) is 31.4 Å². The largest absolute Gasteiger partial charge is 0.457 e. The lowest BCUT2D eigenvalue weighted by molar-refractivity contribution is -0.915. The van der Waals surface area contributed by atoms with Gasteiger partial charge in [-0.2, -0.15) is 0 Å². The molecule has 1 fully saturated rings. The van der Waals surface area contributed by atoms with E-state index in [0.717, 1.165) is 43.0 Å². The lowest BCUT2D eigenvalue weighted by atomic mass is 9.84. The number of rotatable bonds is 7. The number of amides is 1. The quantitative estimate of drug-likeness (QED) is 0.345. The summed E-state index contributed by atoms with van der Waals surface area (Å²) in [5, 5.41) is 3.60. The third-order valence-electron chi connectivity index (χ3n) is 6.48. The molecule has 1 N–H and O–H groups in total. The molecule has 5 nitrogen and oxygen atoms in total. The Morgan fingerprint density at radius 3 is 2.52 bits per heavy atom. The Hall–Kier alpha value is -2.24. The van der Waals surface area contributed by atoms with E-state index in [1.165, 1.54) is 18.4 Å². The molecule has 2 aliphatic heterocycles. The maximum absolute atomic E-state index is 12.2. The zero-order valence-electron chi connectivity index (χ0n) is 20.4. The number of hydrogen-bond acceptors (Lipinski definition) is 3. The van der Waals surface area contributed by atoms with Crippen LogP contribution < -0.4 is 10.1 Å². The highest BCUT2D eigenvalue weighted by Gasteiger charge is 2.48. The molecular formula is C27H38ClN2O3+. The van der Waals surface area contributed by atoms with Crippen LogP contribution in [0.15, 0.2) is 42.5 Å². The molecule has 33 heavy (non-hydrogen) atoms. The molecule has 2 aromatic rings. The van der Waals surface area contributed by atoms with Gasteiger partial charge in [-0.25, -0.2) is 4.79 Å². The number of alkyl carbamates (subject to hydrolysis) is 1. The van der Waals surface area contributed by atoms with Crippen molar-refractivity contribution in [1.82, 2.24) is 5.32 Å². The molecule has 0 saturated carbocycles. The average Bonchev–Trinajstić information content (AvgIpc) is 3.12. The SMILES string of the molecule is CC.CCCCCCNC(=O)OC[N+]1(C)CC2c3ccccc3Oc3ccc(Cl)cc3C2C1. The van der Waals surface area contributed by atoms with Gasteiger partial charge in [0.15, 0.2) is 0 Å². The van der Waals surface area contributed by atoms with Gasteiger partial charge in [-0.1, -0.05) is 69.8 Å². The van der Waals surface area contributed by atoms with Gasteiger partial charge in [0.25, 0.3) is 0 Å². The molecule has 0 spiro atoms. The number of ether oxygens (including phenoxy) is 2. The number of unbranched alkanes of at least 4 members (excludes halogenated alkanes) is 3. The minimum absolute atomic E-state index is 0.253. The molecule has 2 heterocycles. The molecule has 2 aromatic carbocycles. The van der Waals surface area contributed by atoms with E-state index >= 15 is 0 Å². The summed E-state index contributed by atoms with van der Waals surface area (Å²) in [5.74, 6) is 2.30. The molecule has 0 radical (unpaired) electrons. The number of nitrogens with zero attached hydrogens (tertiary/aromatic N) is 1. The molecule has 0 bridgehead atoms. The highest BCUT2D eigenvalue weighted by atomic mass is 35.5. The number of para-hydroxylation sites is 1. The Labute approximate surface area is 203 Å². The summed E-state index contributed by atoms with van der Waals surface area (Å²) in [7, 11) is 2.16. The van der Waals surface area contributed by atoms with E-state index < -0.39 is 0 Å². The number of halogens is 1. The molecule has 1 amide bonds. The van der Waals surface area contributed by atoms with Gasteiger partial charge in [0.2, 0.25) is 6.73 Å². The summed E-state index contributed by atoms with van der Waals surface area (Å²) in [6.45, 7) is 8.94. The number of carbonyl (C=O) groups is 1. The van der Waals surface area contributed by atoms with Crippen LogP contribution in [0.2, 0.25) is 5.02 Å². The van der Waals surface area contributed by atoms with Gasteiger partial charge in [0, 0.05) is 34.5 Å². The topological polar surface area (TPSA) is 47.6 Å². The van der Waals surface area contributed by atoms with Crippen LogP contribution in [0.25, 0.3) is 0 Å². The summed E-state index contributed by atoms with van der Waals surface area (Å²) in [6, 6.07) is 14.1. The van der Waals surface area contributed by atoms with Crippen LogP contribution in [0.4, 0.5) is 4.79 Å². The fourth-order valence-corrected chi connectivity index (χ4v) is 5.10. The molecule has 3 atom stereocenters. The van der Waals surface area contributed by atoms with Crippen molar-refractivity contribution in [3.05, 3.63) is 58.6 Å². The van der Waals surface area contributed by atoms with E-state index in [4.69, 9.17) is 21.1 Å². The molecule has 1 saturated heterocycles. The van der Waals surface area contributed by atoms with Gasteiger partial charge in [-0.3, -0.25) is 4.48 Å². The normalized spacial score (nSPS) is 22.5. The Kier molecular flexibility index (Phi) is 9.04. The van der Waals surface area contributed by atoms with Gasteiger partial charge >= 0.3 is 6.09 Å². The molecule has 2 aliphatic rings. The number of nitrogens with one attached hydrogen (secondary N) is 1. The number of carbonyl (C=O) groups excluding carboxylic acids is 1. The minimum atomic E-state index is -0.324. The van der Waals surface area contributed by atoms with Gasteiger partial charge < -0.3 is 14.8 Å². The number of fused-ring (bicyclic) bond motifs is 5. The fourth-order valence-electron chi connectivity index (χ4n) is 4.92. The third kappa shape index (κ3) is 6.21. The molecule has 3 unspecified atom stereocenters. The zero-order chi connectivity index (χ0) is 23.8. The summed E-state index contributed by atoms with van der Waals surface area (Å²) < 4.78 is 12.6. The molecule has 6 heteroatoms. The predicted octanol–water partition coefficient (Wildman–Crippen LogP) is 7.06. The average molecular weight is 474 g/mol. The highest BCUT2D eigenvalue weighted by molar-refractivity contribution is 6.30. The second-order valence-corrected chi connectivity index (χ2v) is 9.50. The standard InChI is InChI=1S/C25H31ClN2O3.C2H6/c1-3-4-5-8-13-27-25(29)30-17-28(2)15-21-19-9-6-7-10-23(19)31-24-12-11-18(26)14-20(24)22(21)16-28;1-2/h6-7,9-12,14,21-22H,3-5,8,13,15-17H2,1-2H3;1-2H3/p+1. The number of likely N-dealkylation sites (tertiary alicyclic amines) is 1. The summed E-state index contributed by atoms with van der Waals surface area (Å²) in [5.41, 5.74) is 2.35. The first-order valence-corrected chi connectivity index (χ1v) is 12.7. The maximum Gasteiger partial charge on any atom is 0.411 e. The van der Waals surface area contributed by atoms with Gasteiger partial charge in [0.1, 0.15) is 11.5 Å². The first kappa shape index (κ1) is 25.4. The summed E-state index contributed by atoms with van der Waals surface area (Å²) in [6.07, 6.45) is 4.19. The van der Waals surface area contributed by atoms with Crippen LogP contribution in [0.5, 0.6) is 11.5 Å². The van der Waals surface area contributed by atoms with E-state index in [1.807, 2.05) is 44.2 Å². The second kappa shape index (κ2) is 11.8. The van der Waals surface area contributed by atoms with Crippen molar-refractivity contribution in [2.24, 2.45) is 0 Å². The highest BCUT2D eigenvalue weighted by Crippen LogP contribution is 2.51.